The first kappa shape index (κ1) is 17.5. The summed E-state index contributed by atoms with van der Waals surface area (Å²) in [5, 5.41) is 16.4. The molecule has 0 saturated carbocycles. The van der Waals surface area contributed by atoms with E-state index in [1.807, 2.05) is 44.2 Å². The maximum absolute atomic E-state index is 12.3. The molecule has 2 aromatic rings. The molecule has 0 radical (unpaired) electrons. The Kier molecular flexibility index (Phi) is 5.38. The van der Waals surface area contributed by atoms with Crippen molar-refractivity contribution in [3.8, 4) is 0 Å². The molecule has 1 aromatic carbocycles. The lowest BCUT2D eigenvalue weighted by atomic mass is 10.1. The van der Waals surface area contributed by atoms with E-state index in [1.165, 1.54) is 0 Å². The molecule has 6 heteroatoms. The van der Waals surface area contributed by atoms with Crippen LogP contribution in [-0.4, -0.2) is 35.4 Å². The monoisotopic (exact) mass is 343 g/mol. The molecule has 1 amide bonds. The lowest BCUT2D eigenvalue weighted by Crippen LogP contribution is -2.35. The number of hydrogen-bond acceptors (Lipinski definition) is 5. The molecular formula is C19H25N3O3. The molecule has 2 heterocycles. The molecular weight excluding hydrogens is 318 g/mol. The van der Waals surface area contributed by atoms with Gasteiger partial charge in [-0.25, -0.2) is 0 Å². The molecule has 6 nitrogen and oxygen atoms in total. The average Bonchev–Trinajstić information content (AvgIpc) is 3.10. The van der Waals surface area contributed by atoms with Crippen molar-refractivity contribution >= 4 is 11.6 Å². The molecule has 3 rings (SSSR count). The van der Waals surface area contributed by atoms with Gasteiger partial charge in [-0.1, -0.05) is 19.0 Å². The molecule has 1 aliphatic heterocycles. The Morgan fingerprint density at radius 3 is 2.60 bits per heavy atom. The Morgan fingerprint density at radius 1 is 1.32 bits per heavy atom. The summed E-state index contributed by atoms with van der Waals surface area (Å²) in [6, 6.07) is 9.44. The van der Waals surface area contributed by atoms with Crippen LogP contribution >= 0.6 is 0 Å². The van der Waals surface area contributed by atoms with Gasteiger partial charge in [-0.3, -0.25) is 4.79 Å². The highest BCUT2D eigenvalue weighted by Gasteiger charge is 2.17. The van der Waals surface area contributed by atoms with Crippen molar-refractivity contribution in [3.63, 3.8) is 0 Å². The number of benzene rings is 1. The van der Waals surface area contributed by atoms with Gasteiger partial charge in [0.15, 0.2) is 5.76 Å². The lowest BCUT2D eigenvalue weighted by Gasteiger charge is -2.31. The van der Waals surface area contributed by atoms with E-state index < -0.39 is 0 Å². The van der Waals surface area contributed by atoms with Crippen molar-refractivity contribution < 1.29 is 14.4 Å². The molecule has 1 aliphatic rings. The zero-order valence-electron chi connectivity index (χ0n) is 14.7. The van der Waals surface area contributed by atoms with Crippen molar-refractivity contribution in [2.45, 2.75) is 45.3 Å². The molecule has 0 spiro atoms. The number of aliphatic hydroxyl groups is 1. The number of carbonyl (C=O) groups is 1. The fraction of sp³-hybridized carbons (Fsp3) is 0.474. The van der Waals surface area contributed by atoms with E-state index in [9.17, 15) is 9.90 Å². The Balaban J connectivity index is 1.55. The zero-order valence-corrected chi connectivity index (χ0v) is 14.7. The minimum Gasteiger partial charge on any atom is -0.393 e. The highest BCUT2D eigenvalue weighted by Crippen LogP contribution is 2.20. The van der Waals surface area contributed by atoms with Gasteiger partial charge in [-0.05, 0) is 43.0 Å². The van der Waals surface area contributed by atoms with Crippen molar-refractivity contribution in [3.05, 3.63) is 47.3 Å². The van der Waals surface area contributed by atoms with Crippen LogP contribution in [0.1, 0.15) is 54.4 Å². The van der Waals surface area contributed by atoms with Crippen LogP contribution in [-0.2, 0) is 6.54 Å². The Bertz CT molecular complexity index is 701. The van der Waals surface area contributed by atoms with E-state index >= 15 is 0 Å². The van der Waals surface area contributed by atoms with Gasteiger partial charge in [0.1, 0.15) is 0 Å². The largest absolute Gasteiger partial charge is 0.393 e. The second-order valence-corrected chi connectivity index (χ2v) is 6.82. The highest BCUT2D eigenvalue weighted by molar-refractivity contribution is 5.94. The summed E-state index contributed by atoms with van der Waals surface area (Å²) in [4.78, 5) is 14.5. The minimum atomic E-state index is -0.186. The summed E-state index contributed by atoms with van der Waals surface area (Å²) >= 11 is 0. The zero-order chi connectivity index (χ0) is 17.8. The SMILES string of the molecule is CC(C)c1cc(CNC(=O)c2ccc(N3CCC(O)CC3)cc2)on1. The summed E-state index contributed by atoms with van der Waals surface area (Å²) in [6.07, 6.45) is 1.39. The number of hydrogen-bond donors (Lipinski definition) is 2. The molecule has 1 fully saturated rings. The summed E-state index contributed by atoms with van der Waals surface area (Å²) in [5.74, 6) is 0.820. The van der Waals surface area contributed by atoms with Crippen LogP contribution in [0.3, 0.4) is 0 Å². The first-order valence-corrected chi connectivity index (χ1v) is 8.79. The van der Waals surface area contributed by atoms with Gasteiger partial charge in [-0.15, -0.1) is 0 Å². The standard InChI is InChI=1S/C19H25N3O3/c1-13(2)18-11-17(25-21-18)12-20-19(24)14-3-5-15(6-4-14)22-9-7-16(23)8-10-22/h3-6,11,13,16,23H,7-10,12H2,1-2H3,(H,20,24). The van der Waals surface area contributed by atoms with Crippen LogP contribution in [0.15, 0.2) is 34.9 Å². The minimum absolute atomic E-state index is 0.136. The molecule has 134 valence electrons. The quantitative estimate of drug-likeness (QED) is 0.873. The second-order valence-electron chi connectivity index (χ2n) is 6.82. The number of amides is 1. The number of rotatable bonds is 5. The van der Waals surface area contributed by atoms with Gasteiger partial charge in [-0.2, -0.15) is 0 Å². The van der Waals surface area contributed by atoms with Crippen molar-refractivity contribution in [2.75, 3.05) is 18.0 Å². The van der Waals surface area contributed by atoms with Crippen LogP contribution < -0.4 is 10.2 Å². The van der Waals surface area contributed by atoms with Crippen LogP contribution in [0.25, 0.3) is 0 Å². The fourth-order valence-corrected chi connectivity index (χ4v) is 2.90. The van der Waals surface area contributed by atoms with Gasteiger partial charge < -0.3 is 19.8 Å². The smallest absolute Gasteiger partial charge is 0.251 e. The van der Waals surface area contributed by atoms with Gasteiger partial charge in [0.2, 0.25) is 0 Å². The Morgan fingerprint density at radius 2 is 2.00 bits per heavy atom. The Labute approximate surface area is 147 Å². The van der Waals surface area contributed by atoms with E-state index in [-0.39, 0.29) is 12.0 Å². The second kappa shape index (κ2) is 7.70. The maximum atomic E-state index is 12.3. The van der Waals surface area contributed by atoms with Gasteiger partial charge in [0, 0.05) is 30.4 Å². The molecule has 0 bridgehead atoms. The maximum Gasteiger partial charge on any atom is 0.251 e. The van der Waals surface area contributed by atoms with Crippen LogP contribution in [0.4, 0.5) is 5.69 Å². The molecule has 2 N–H and O–H groups in total. The number of carbonyl (C=O) groups excluding carboxylic acids is 1. The predicted octanol–water partition coefficient (Wildman–Crippen LogP) is 2.69. The average molecular weight is 343 g/mol. The molecule has 1 saturated heterocycles. The van der Waals surface area contributed by atoms with Crippen molar-refractivity contribution in [1.29, 1.82) is 0 Å². The third-order valence-electron chi connectivity index (χ3n) is 4.55. The number of aromatic nitrogens is 1. The summed E-state index contributed by atoms with van der Waals surface area (Å²) in [5.41, 5.74) is 2.59. The molecule has 0 atom stereocenters. The summed E-state index contributed by atoms with van der Waals surface area (Å²) < 4.78 is 5.23. The van der Waals surface area contributed by atoms with E-state index in [2.05, 4.69) is 15.4 Å². The van der Waals surface area contributed by atoms with Crippen molar-refractivity contribution in [1.82, 2.24) is 10.5 Å². The molecule has 0 unspecified atom stereocenters. The first-order valence-electron chi connectivity index (χ1n) is 8.79. The molecule has 25 heavy (non-hydrogen) atoms. The fourth-order valence-electron chi connectivity index (χ4n) is 2.90. The van der Waals surface area contributed by atoms with Crippen LogP contribution in [0.5, 0.6) is 0 Å². The Hall–Kier alpha value is -2.34. The van der Waals surface area contributed by atoms with Crippen LogP contribution in [0.2, 0.25) is 0 Å². The van der Waals surface area contributed by atoms with E-state index in [1.54, 1.807) is 0 Å². The highest BCUT2D eigenvalue weighted by atomic mass is 16.5. The van der Waals surface area contributed by atoms with E-state index in [4.69, 9.17) is 4.52 Å². The van der Waals surface area contributed by atoms with Gasteiger partial charge in [0.25, 0.3) is 5.91 Å². The number of nitrogens with zero attached hydrogens (tertiary/aromatic N) is 2. The van der Waals surface area contributed by atoms with E-state index in [0.29, 0.717) is 23.8 Å². The summed E-state index contributed by atoms with van der Waals surface area (Å²) in [7, 11) is 0. The third-order valence-corrected chi connectivity index (χ3v) is 4.55. The first-order chi connectivity index (χ1) is 12.0. The third kappa shape index (κ3) is 4.39. The molecule has 1 aromatic heterocycles. The normalized spacial score (nSPS) is 15.6. The number of nitrogens with one attached hydrogen (secondary N) is 1. The van der Waals surface area contributed by atoms with Crippen molar-refractivity contribution in [2.24, 2.45) is 0 Å². The number of anilines is 1. The van der Waals surface area contributed by atoms with Gasteiger partial charge >= 0.3 is 0 Å². The lowest BCUT2D eigenvalue weighted by molar-refractivity contribution is 0.0947. The number of aliphatic hydroxyl groups excluding tert-OH is 1. The van der Waals surface area contributed by atoms with Crippen LogP contribution in [0, 0.1) is 0 Å². The predicted molar refractivity (Wildman–Crippen MR) is 95.7 cm³/mol. The number of piperidine rings is 1. The van der Waals surface area contributed by atoms with E-state index in [0.717, 1.165) is 37.3 Å². The van der Waals surface area contributed by atoms with Gasteiger partial charge in [0.05, 0.1) is 18.3 Å². The molecule has 0 aliphatic carbocycles. The summed E-state index contributed by atoms with van der Waals surface area (Å²) in [6.45, 7) is 6.10. The topological polar surface area (TPSA) is 78.6 Å².